The minimum atomic E-state index is -0.0776. The zero-order valence-corrected chi connectivity index (χ0v) is 11.7. The van der Waals surface area contributed by atoms with Gasteiger partial charge in [0.1, 0.15) is 12.0 Å². The first kappa shape index (κ1) is 14.0. The average molecular weight is 237 g/mol. The van der Waals surface area contributed by atoms with Crippen molar-refractivity contribution < 1.29 is 9.47 Å². The highest BCUT2D eigenvalue weighted by Crippen LogP contribution is 2.31. The van der Waals surface area contributed by atoms with Crippen LogP contribution in [0.15, 0.2) is 18.2 Å². The summed E-state index contributed by atoms with van der Waals surface area (Å²) in [6.45, 7) is 4.35. The molecule has 1 aromatic carbocycles. The summed E-state index contributed by atoms with van der Waals surface area (Å²) < 4.78 is 10.9. The summed E-state index contributed by atoms with van der Waals surface area (Å²) in [7, 11) is 7.39. The van der Waals surface area contributed by atoms with Crippen LogP contribution in [0.4, 0.5) is 0 Å². The highest BCUT2D eigenvalue weighted by molar-refractivity contribution is 5.40. The summed E-state index contributed by atoms with van der Waals surface area (Å²) in [5.74, 6) is 1.38. The fourth-order valence-electron chi connectivity index (χ4n) is 1.91. The number of hydrogen-bond acceptors (Lipinski definition) is 3. The molecule has 0 aliphatic rings. The van der Waals surface area contributed by atoms with Crippen molar-refractivity contribution in [3.05, 3.63) is 29.3 Å². The molecule has 17 heavy (non-hydrogen) atoms. The van der Waals surface area contributed by atoms with Gasteiger partial charge in [-0.15, -0.1) is 0 Å². The van der Waals surface area contributed by atoms with Crippen LogP contribution in [0.1, 0.15) is 37.1 Å². The van der Waals surface area contributed by atoms with Gasteiger partial charge in [-0.3, -0.25) is 4.90 Å². The Labute approximate surface area is 104 Å². The largest absolute Gasteiger partial charge is 0.496 e. The molecule has 1 aromatic rings. The molecule has 96 valence electrons. The van der Waals surface area contributed by atoms with Gasteiger partial charge in [0.25, 0.3) is 0 Å². The predicted octanol–water partition coefficient (Wildman–Crippen LogP) is 3.03. The van der Waals surface area contributed by atoms with E-state index in [0.29, 0.717) is 5.92 Å². The SMILES string of the molecule is COc1cc(C(C)C)ccc1C(OC)N(C)C. The van der Waals surface area contributed by atoms with Gasteiger partial charge in [0.2, 0.25) is 0 Å². The molecule has 0 saturated heterocycles. The normalized spacial score (nSPS) is 13.2. The Kier molecular flexibility index (Phi) is 4.97. The quantitative estimate of drug-likeness (QED) is 0.735. The molecule has 0 bridgehead atoms. The topological polar surface area (TPSA) is 21.7 Å². The maximum absolute atomic E-state index is 5.49. The Morgan fingerprint density at radius 2 is 1.76 bits per heavy atom. The molecule has 0 heterocycles. The van der Waals surface area contributed by atoms with Crippen molar-refractivity contribution in [1.82, 2.24) is 4.90 Å². The lowest BCUT2D eigenvalue weighted by molar-refractivity contribution is -0.00695. The number of benzene rings is 1. The Hall–Kier alpha value is -1.06. The van der Waals surface area contributed by atoms with E-state index in [0.717, 1.165) is 11.3 Å². The van der Waals surface area contributed by atoms with Crippen LogP contribution in [-0.4, -0.2) is 33.2 Å². The van der Waals surface area contributed by atoms with Crippen molar-refractivity contribution in [1.29, 1.82) is 0 Å². The van der Waals surface area contributed by atoms with Crippen molar-refractivity contribution in [2.45, 2.75) is 26.0 Å². The van der Waals surface area contributed by atoms with E-state index in [9.17, 15) is 0 Å². The van der Waals surface area contributed by atoms with Gasteiger partial charge in [-0.05, 0) is 31.6 Å². The molecule has 0 amide bonds. The maximum atomic E-state index is 5.49. The molecule has 3 heteroatoms. The van der Waals surface area contributed by atoms with Crippen molar-refractivity contribution in [2.75, 3.05) is 28.3 Å². The van der Waals surface area contributed by atoms with Gasteiger partial charge in [-0.1, -0.05) is 26.0 Å². The number of methoxy groups -OCH3 is 2. The van der Waals surface area contributed by atoms with Crippen molar-refractivity contribution in [3.63, 3.8) is 0 Å². The van der Waals surface area contributed by atoms with Crippen LogP contribution in [0.3, 0.4) is 0 Å². The van der Waals surface area contributed by atoms with Gasteiger partial charge >= 0.3 is 0 Å². The lowest BCUT2D eigenvalue weighted by Gasteiger charge is -2.25. The third-order valence-corrected chi connectivity index (χ3v) is 2.88. The van der Waals surface area contributed by atoms with Crippen molar-refractivity contribution in [2.24, 2.45) is 0 Å². The maximum Gasteiger partial charge on any atom is 0.139 e. The number of ether oxygens (including phenoxy) is 2. The van der Waals surface area contributed by atoms with Gasteiger partial charge in [-0.2, -0.15) is 0 Å². The Morgan fingerprint density at radius 3 is 2.18 bits per heavy atom. The average Bonchev–Trinajstić information content (AvgIpc) is 2.29. The highest BCUT2D eigenvalue weighted by Gasteiger charge is 2.18. The fraction of sp³-hybridized carbons (Fsp3) is 0.571. The van der Waals surface area contributed by atoms with E-state index in [1.54, 1.807) is 14.2 Å². The molecule has 0 N–H and O–H groups in total. The monoisotopic (exact) mass is 237 g/mol. The molecule has 0 aliphatic heterocycles. The van der Waals surface area contributed by atoms with Crippen molar-refractivity contribution >= 4 is 0 Å². The first-order valence-electron chi connectivity index (χ1n) is 5.88. The molecule has 3 nitrogen and oxygen atoms in total. The minimum absolute atomic E-state index is 0.0776. The van der Waals surface area contributed by atoms with Gasteiger partial charge < -0.3 is 9.47 Å². The molecular weight excluding hydrogens is 214 g/mol. The highest BCUT2D eigenvalue weighted by atomic mass is 16.5. The summed E-state index contributed by atoms with van der Waals surface area (Å²) in [4.78, 5) is 2.02. The third-order valence-electron chi connectivity index (χ3n) is 2.88. The second kappa shape index (κ2) is 6.03. The number of rotatable bonds is 5. The first-order valence-corrected chi connectivity index (χ1v) is 5.88. The minimum Gasteiger partial charge on any atom is -0.496 e. The van der Waals surface area contributed by atoms with Crippen molar-refractivity contribution in [3.8, 4) is 5.75 Å². The lowest BCUT2D eigenvalue weighted by atomic mass is 10.00. The molecule has 0 aromatic heterocycles. The van der Waals surface area contributed by atoms with Gasteiger partial charge in [0, 0.05) is 12.7 Å². The number of hydrogen-bond donors (Lipinski definition) is 0. The third kappa shape index (κ3) is 3.20. The predicted molar refractivity (Wildman–Crippen MR) is 70.5 cm³/mol. The van der Waals surface area contributed by atoms with Crippen LogP contribution >= 0.6 is 0 Å². The first-order chi connectivity index (χ1) is 8.01. The van der Waals surface area contributed by atoms with Crippen LogP contribution in [0.2, 0.25) is 0 Å². The van der Waals surface area contributed by atoms with Crippen LogP contribution < -0.4 is 4.74 Å². The summed E-state index contributed by atoms with van der Waals surface area (Å²) >= 11 is 0. The second-order valence-corrected chi connectivity index (χ2v) is 4.71. The molecule has 0 radical (unpaired) electrons. The smallest absolute Gasteiger partial charge is 0.139 e. The molecule has 0 fully saturated rings. The Balaban J connectivity index is 3.15. The van der Waals surface area contributed by atoms with Gasteiger partial charge in [0.15, 0.2) is 0 Å². The fourth-order valence-corrected chi connectivity index (χ4v) is 1.91. The molecule has 0 spiro atoms. The van der Waals surface area contributed by atoms with E-state index >= 15 is 0 Å². The standard InChI is InChI=1S/C14H23NO2/c1-10(2)11-7-8-12(13(9-11)16-5)14(17-6)15(3)4/h7-10,14H,1-6H3. The zero-order chi connectivity index (χ0) is 13.0. The van der Waals surface area contributed by atoms with Crippen LogP contribution in [-0.2, 0) is 4.74 Å². The van der Waals surface area contributed by atoms with E-state index in [-0.39, 0.29) is 6.23 Å². The molecule has 1 rings (SSSR count). The van der Waals surface area contributed by atoms with Crippen LogP contribution in [0.25, 0.3) is 0 Å². The van der Waals surface area contributed by atoms with Crippen LogP contribution in [0.5, 0.6) is 5.75 Å². The Morgan fingerprint density at radius 1 is 1.12 bits per heavy atom. The molecular formula is C14H23NO2. The molecule has 0 saturated carbocycles. The molecule has 0 aliphatic carbocycles. The van der Waals surface area contributed by atoms with Crippen LogP contribution in [0, 0.1) is 0 Å². The lowest BCUT2D eigenvalue weighted by Crippen LogP contribution is -2.22. The number of nitrogens with zero attached hydrogens (tertiary/aromatic N) is 1. The van der Waals surface area contributed by atoms with E-state index in [1.165, 1.54) is 5.56 Å². The summed E-state index contributed by atoms with van der Waals surface area (Å²) in [6.07, 6.45) is -0.0776. The summed E-state index contributed by atoms with van der Waals surface area (Å²) in [5, 5.41) is 0. The van der Waals surface area contributed by atoms with E-state index in [2.05, 4.69) is 32.0 Å². The van der Waals surface area contributed by atoms with E-state index in [1.807, 2.05) is 19.0 Å². The summed E-state index contributed by atoms with van der Waals surface area (Å²) in [5.41, 5.74) is 2.34. The van der Waals surface area contributed by atoms with E-state index < -0.39 is 0 Å². The second-order valence-electron chi connectivity index (χ2n) is 4.71. The van der Waals surface area contributed by atoms with E-state index in [4.69, 9.17) is 9.47 Å². The molecule has 1 atom stereocenters. The Bertz CT molecular complexity index is 361. The van der Waals surface area contributed by atoms with Gasteiger partial charge in [0.05, 0.1) is 7.11 Å². The zero-order valence-electron chi connectivity index (χ0n) is 11.7. The summed E-state index contributed by atoms with van der Waals surface area (Å²) in [6, 6.07) is 6.32. The molecule has 1 unspecified atom stereocenters. The van der Waals surface area contributed by atoms with Gasteiger partial charge in [-0.25, -0.2) is 0 Å².